The smallest absolute Gasteiger partial charge is 0.417 e. The molecule has 0 N–H and O–H groups in total. The van der Waals surface area contributed by atoms with Crippen molar-refractivity contribution in [1.29, 1.82) is 5.26 Å². The van der Waals surface area contributed by atoms with E-state index in [1.165, 1.54) is 18.2 Å². The summed E-state index contributed by atoms with van der Waals surface area (Å²) in [6.07, 6.45) is -2.23. The van der Waals surface area contributed by atoms with E-state index in [0.29, 0.717) is 66.3 Å². The number of benzene rings is 2. The number of piperidine rings is 1. The number of halogens is 5. The number of aromatic nitrogens is 2. The van der Waals surface area contributed by atoms with Crippen LogP contribution in [0.15, 0.2) is 59.1 Å². The maximum Gasteiger partial charge on any atom is 0.417 e. The van der Waals surface area contributed by atoms with Crippen molar-refractivity contribution in [3.63, 3.8) is 0 Å². The van der Waals surface area contributed by atoms with Crippen molar-refractivity contribution in [2.45, 2.75) is 57.5 Å². The summed E-state index contributed by atoms with van der Waals surface area (Å²) in [7, 11) is 0. The normalized spacial score (nSPS) is 15.0. The lowest BCUT2D eigenvalue weighted by Crippen LogP contribution is -2.34. The molecule has 0 amide bonds. The Morgan fingerprint density at radius 1 is 1.00 bits per heavy atom. The number of anilines is 1. The van der Waals surface area contributed by atoms with Gasteiger partial charge in [-0.25, -0.2) is 18.7 Å². The van der Waals surface area contributed by atoms with Gasteiger partial charge >= 0.3 is 6.18 Å². The molecule has 5 nitrogen and oxygen atoms in total. The van der Waals surface area contributed by atoms with Crippen LogP contribution < -0.4 is 4.90 Å². The van der Waals surface area contributed by atoms with Crippen LogP contribution >= 0.6 is 0 Å². The summed E-state index contributed by atoms with van der Waals surface area (Å²) in [5.41, 5.74) is 2.17. The van der Waals surface area contributed by atoms with Gasteiger partial charge in [-0.05, 0) is 67.5 Å². The minimum Gasteiger partial charge on any atom is -0.436 e. The van der Waals surface area contributed by atoms with Gasteiger partial charge < -0.3 is 9.32 Å². The largest absolute Gasteiger partial charge is 0.436 e. The minimum absolute atomic E-state index is 0.0848. The number of nitriles is 1. The zero-order valence-corrected chi connectivity index (χ0v) is 22.7. The van der Waals surface area contributed by atoms with Crippen molar-refractivity contribution in [1.82, 2.24) is 9.97 Å². The molecule has 5 rings (SSSR count). The van der Waals surface area contributed by atoms with Gasteiger partial charge in [0, 0.05) is 42.4 Å². The molecule has 0 bridgehead atoms. The van der Waals surface area contributed by atoms with E-state index in [0.717, 1.165) is 17.8 Å². The average molecular weight is 569 g/mol. The second kappa shape index (κ2) is 11.1. The molecule has 0 atom stereocenters. The molecule has 0 unspecified atom stereocenters. The van der Waals surface area contributed by atoms with Crippen molar-refractivity contribution >= 4 is 16.9 Å². The molecule has 1 aliphatic rings. The molecule has 0 spiro atoms. The van der Waals surface area contributed by atoms with Crippen LogP contribution in [0.1, 0.15) is 67.7 Å². The molecule has 41 heavy (non-hydrogen) atoms. The van der Waals surface area contributed by atoms with Crippen molar-refractivity contribution in [2.75, 3.05) is 18.0 Å². The van der Waals surface area contributed by atoms with Gasteiger partial charge in [0.1, 0.15) is 11.3 Å². The maximum atomic E-state index is 15.1. The molecule has 2 aromatic carbocycles. The first-order valence-electron chi connectivity index (χ1n) is 13.6. The molecule has 0 radical (unpaired) electrons. The molecule has 214 valence electrons. The average Bonchev–Trinajstić information content (AvgIpc) is 3.40. The lowest BCUT2D eigenvalue weighted by atomic mass is 9.89. The number of fused-ring (bicyclic) bond motifs is 1. The highest BCUT2D eigenvalue weighted by Crippen LogP contribution is 2.38. The van der Waals surface area contributed by atoms with Crippen LogP contribution in [0.4, 0.5) is 27.8 Å². The summed E-state index contributed by atoms with van der Waals surface area (Å²) >= 11 is 0. The topological polar surface area (TPSA) is 66.0 Å². The van der Waals surface area contributed by atoms with E-state index in [4.69, 9.17) is 4.42 Å². The zero-order chi connectivity index (χ0) is 29.4. The van der Waals surface area contributed by atoms with Gasteiger partial charge in [-0.1, -0.05) is 26.0 Å². The molecule has 1 saturated heterocycles. The van der Waals surface area contributed by atoms with E-state index in [1.807, 2.05) is 18.7 Å². The lowest BCUT2D eigenvalue weighted by Gasteiger charge is -2.33. The van der Waals surface area contributed by atoms with Crippen LogP contribution in [-0.2, 0) is 12.1 Å². The van der Waals surface area contributed by atoms with Crippen molar-refractivity contribution < 1.29 is 26.4 Å². The second-order valence-corrected chi connectivity index (χ2v) is 10.9. The molecule has 1 aliphatic heterocycles. The molecule has 3 heterocycles. The van der Waals surface area contributed by atoms with Crippen molar-refractivity contribution in [3.05, 3.63) is 77.0 Å². The molecular weight excluding hydrogens is 539 g/mol. The highest BCUT2D eigenvalue weighted by Gasteiger charge is 2.34. The number of nitrogens with zero attached hydrogens (tertiary/aromatic N) is 4. The summed E-state index contributed by atoms with van der Waals surface area (Å²) in [6, 6.07) is 13.9. The van der Waals surface area contributed by atoms with Gasteiger partial charge in [0.05, 0.1) is 17.2 Å². The van der Waals surface area contributed by atoms with Gasteiger partial charge in [-0.15, -0.1) is 0 Å². The monoisotopic (exact) mass is 568 g/mol. The van der Waals surface area contributed by atoms with E-state index in [-0.39, 0.29) is 23.8 Å². The van der Waals surface area contributed by atoms with Gasteiger partial charge in [0.2, 0.25) is 5.89 Å². The van der Waals surface area contributed by atoms with Gasteiger partial charge in [-0.2, -0.15) is 18.4 Å². The number of hydrogen-bond donors (Lipinski definition) is 0. The maximum absolute atomic E-state index is 15.1. The number of rotatable bonds is 7. The Labute approximate surface area is 234 Å². The van der Waals surface area contributed by atoms with Gasteiger partial charge in [0.15, 0.2) is 5.58 Å². The van der Waals surface area contributed by atoms with Gasteiger partial charge in [-0.3, -0.25) is 0 Å². The SMILES string of the molecule is CC(C)c1cc(C#N)cc2nc(-c3ccc(C(F)(F)CCC4CCN(c5ccc(C(F)(F)F)cn5)CC4)cc3)oc12. The van der Waals surface area contributed by atoms with Gasteiger partial charge in [0.25, 0.3) is 5.92 Å². The predicted octanol–water partition coefficient (Wildman–Crippen LogP) is 8.69. The molecular formula is C31H29F5N4O. The van der Waals surface area contributed by atoms with E-state index in [2.05, 4.69) is 16.0 Å². The van der Waals surface area contributed by atoms with Crippen LogP contribution in [-0.4, -0.2) is 23.1 Å². The quantitative estimate of drug-likeness (QED) is 0.209. The van der Waals surface area contributed by atoms with E-state index in [9.17, 15) is 18.4 Å². The number of pyridine rings is 1. The Bertz CT molecular complexity index is 1550. The summed E-state index contributed by atoms with van der Waals surface area (Å²) in [5.74, 6) is -2.04. The standard InChI is InChI=1S/C31H29F5N4O/c1-19(2)25-15-21(17-37)16-26-28(25)41-29(39-26)22-3-5-23(6-4-22)30(32,33)12-9-20-10-13-40(14-11-20)27-8-7-24(18-38-27)31(34,35)36/h3-8,15-16,18-20H,9-14H2,1-2H3. The molecule has 4 aromatic rings. The molecule has 2 aromatic heterocycles. The fraction of sp³-hybridized carbons (Fsp3) is 0.387. The first-order chi connectivity index (χ1) is 19.4. The van der Waals surface area contributed by atoms with E-state index < -0.39 is 17.7 Å². The first kappa shape index (κ1) is 28.5. The molecule has 0 saturated carbocycles. The van der Waals surface area contributed by atoms with E-state index in [1.54, 1.807) is 24.3 Å². The van der Waals surface area contributed by atoms with Crippen LogP contribution in [0.3, 0.4) is 0 Å². The Kier molecular flexibility index (Phi) is 7.73. The first-order valence-corrected chi connectivity index (χ1v) is 13.6. The third kappa shape index (κ3) is 6.19. The fourth-order valence-corrected chi connectivity index (χ4v) is 5.25. The molecule has 10 heteroatoms. The summed E-state index contributed by atoms with van der Waals surface area (Å²) in [4.78, 5) is 10.3. The Balaban J connectivity index is 1.20. The summed E-state index contributed by atoms with van der Waals surface area (Å²) in [5, 5.41) is 9.33. The lowest BCUT2D eigenvalue weighted by molar-refractivity contribution is -0.137. The number of alkyl halides is 5. The molecule has 1 fully saturated rings. The van der Waals surface area contributed by atoms with Crippen LogP contribution in [0.25, 0.3) is 22.6 Å². The highest BCUT2D eigenvalue weighted by molar-refractivity contribution is 5.81. The predicted molar refractivity (Wildman–Crippen MR) is 146 cm³/mol. The Hall–Kier alpha value is -4.00. The summed E-state index contributed by atoms with van der Waals surface area (Å²) < 4.78 is 74.6. The Morgan fingerprint density at radius 2 is 1.68 bits per heavy atom. The third-order valence-corrected chi connectivity index (χ3v) is 7.70. The summed E-state index contributed by atoms with van der Waals surface area (Å²) in [6.45, 7) is 5.11. The number of oxazole rings is 1. The zero-order valence-electron chi connectivity index (χ0n) is 22.7. The van der Waals surface area contributed by atoms with Crippen molar-refractivity contribution in [3.8, 4) is 17.5 Å². The van der Waals surface area contributed by atoms with E-state index >= 15 is 8.78 Å². The van der Waals surface area contributed by atoms with Crippen LogP contribution in [0.2, 0.25) is 0 Å². The fourth-order valence-electron chi connectivity index (χ4n) is 5.25. The Morgan fingerprint density at radius 3 is 2.27 bits per heavy atom. The minimum atomic E-state index is -4.44. The van der Waals surface area contributed by atoms with Crippen molar-refractivity contribution in [2.24, 2.45) is 5.92 Å². The second-order valence-electron chi connectivity index (χ2n) is 10.9. The number of hydrogen-bond acceptors (Lipinski definition) is 5. The van der Waals surface area contributed by atoms with Crippen LogP contribution in [0.5, 0.6) is 0 Å². The third-order valence-electron chi connectivity index (χ3n) is 7.70. The molecule has 0 aliphatic carbocycles. The highest BCUT2D eigenvalue weighted by atomic mass is 19.4. The van der Waals surface area contributed by atoms with Crippen LogP contribution in [0, 0.1) is 17.2 Å².